The normalized spacial score (nSPS) is 10.0. The van der Waals surface area contributed by atoms with E-state index < -0.39 is 5.97 Å². The van der Waals surface area contributed by atoms with E-state index in [-0.39, 0.29) is 5.69 Å². The molecule has 0 saturated carbocycles. The molecule has 1 rings (SSSR count). The predicted octanol–water partition coefficient (Wildman–Crippen LogP) is 1.79. The number of aryl methyl sites for hydroxylation is 1. The zero-order valence-corrected chi connectivity index (χ0v) is 8.83. The number of carbonyl (C=O) groups excluding carboxylic acids is 1. The van der Waals surface area contributed by atoms with E-state index in [2.05, 4.69) is 25.7 Å². The Morgan fingerprint density at radius 2 is 2.54 bits per heavy atom. The Morgan fingerprint density at radius 1 is 1.77 bits per heavy atom. The molecule has 0 amide bonds. The number of oxazole rings is 1. The Labute approximate surface area is 84.4 Å². The fraction of sp³-hybridized carbons (Fsp3) is 0.500. The second-order valence-electron chi connectivity index (χ2n) is 2.41. The Kier molecular flexibility index (Phi) is 3.95. The van der Waals surface area contributed by atoms with Crippen LogP contribution in [0.1, 0.15) is 22.7 Å². The summed E-state index contributed by atoms with van der Waals surface area (Å²) in [6.07, 6.45) is 2.85. The van der Waals surface area contributed by atoms with E-state index in [4.69, 9.17) is 4.42 Å². The highest BCUT2D eigenvalue weighted by molar-refractivity contribution is 9.09. The Hall–Kier alpha value is -0.840. The minimum Gasteiger partial charge on any atom is -0.464 e. The maximum absolute atomic E-state index is 11.1. The Morgan fingerprint density at radius 3 is 3.15 bits per heavy atom. The van der Waals surface area contributed by atoms with E-state index in [9.17, 15) is 4.79 Å². The molecule has 0 saturated heterocycles. The molecule has 0 N–H and O–H groups in total. The van der Waals surface area contributed by atoms with Crippen LogP contribution in [0.4, 0.5) is 0 Å². The second kappa shape index (κ2) is 5.01. The number of hydrogen-bond donors (Lipinski definition) is 0. The van der Waals surface area contributed by atoms with Crippen molar-refractivity contribution in [3.63, 3.8) is 0 Å². The number of rotatable bonds is 4. The van der Waals surface area contributed by atoms with Gasteiger partial charge in [-0.25, -0.2) is 9.78 Å². The highest BCUT2D eigenvalue weighted by Crippen LogP contribution is 2.11. The van der Waals surface area contributed by atoms with Crippen molar-refractivity contribution in [1.82, 2.24) is 4.98 Å². The first-order chi connectivity index (χ1) is 6.29. The quantitative estimate of drug-likeness (QED) is 0.602. The van der Waals surface area contributed by atoms with Gasteiger partial charge in [-0.3, -0.25) is 0 Å². The molecule has 0 aliphatic heterocycles. The topological polar surface area (TPSA) is 52.3 Å². The van der Waals surface area contributed by atoms with Crippen LogP contribution in [-0.2, 0) is 11.2 Å². The average molecular weight is 248 g/mol. The molecule has 72 valence electrons. The summed E-state index contributed by atoms with van der Waals surface area (Å²) in [7, 11) is 1.32. The average Bonchev–Trinajstić information content (AvgIpc) is 2.61. The lowest BCUT2D eigenvalue weighted by atomic mass is 10.2. The Bertz CT molecular complexity index is 285. The first kappa shape index (κ1) is 10.2. The zero-order valence-electron chi connectivity index (χ0n) is 7.25. The van der Waals surface area contributed by atoms with Gasteiger partial charge in [0.15, 0.2) is 12.1 Å². The van der Waals surface area contributed by atoms with Gasteiger partial charge in [0, 0.05) is 11.8 Å². The molecule has 1 heterocycles. The molecule has 13 heavy (non-hydrogen) atoms. The third-order valence-electron chi connectivity index (χ3n) is 1.56. The summed E-state index contributed by atoms with van der Waals surface area (Å²) in [5, 5.41) is 0.869. The molecule has 0 atom stereocenters. The van der Waals surface area contributed by atoms with E-state index >= 15 is 0 Å². The summed E-state index contributed by atoms with van der Waals surface area (Å²) in [6.45, 7) is 0. The van der Waals surface area contributed by atoms with Crippen LogP contribution in [-0.4, -0.2) is 23.4 Å². The van der Waals surface area contributed by atoms with Crippen molar-refractivity contribution < 1.29 is 13.9 Å². The summed E-state index contributed by atoms with van der Waals surface area (Å²) >= 11 is 3.30. The molecule has 0 spiro atoms. The van der Waals surface area contributed by atoms with E-state index in [0.29, 0.717) is 12.2 Å². The summed E-state index contributed by atoms with van der Waals surface area (Å²) < 4.78 is 9.60. The summed E-state index contributed by atoms with van der Waals surface area (Å²) in [5.74, 6) is 0.143. The lowest BCUT2D eigenvalue weighted by Crippen LogP contribution is -2.05. The van der Waals surface area contributed by atoms with Crippen molar-refractivity contribution in [2.45, 2.75) is 12.8 Å². The van der Waals surface area contributed by atoms with Crippen molar-refractivity contribution >= 4 is 21.9 Å². The lowest BCUT2D eigenvalue weighted by molar-refractivity contribution is 0.0592. The van der Waals surface area contributed by atoms with Crippen LogP contribution in [0.5, 0.6) is 0 Å². The number of ether oxygens (including phenoxy) is 1. The van der Waals surface area contributed by atoms with Crippen LogP contribution in [0.15, 0.2) is 10.8 Å². The van der Waals surface area contributed by atoms with E-state index in [0.717, 1.165) is 11.8 Å². The number of carbonyl (C=O) groups is 1. The minimum absolute atomic E-state index is 0.281. The highest BCUT2D eigenvalue weighted by Gasteiger charge is 2.15. The van der Waals surface area contributed by atoms with E-state index in [1.165, 1.54) is 13.5 Å². The van der Waals surface area contributed by atoms with Crippen molar-refractivity contribution in [3.05, 3.63) is 17.8 Å². The number of methoxy groups -OCH3 is 1. The van der Waals surface area contributed by atoms with Gasteiger partial charge in [-0.1, -0.05) is 15.9 Å². The van der Waals surface area contributed by atoms with Gasteiger partial charge < -0.3 is 9.15 Å². The van der Waals surface area contributed by atoms with Gasteiger partial charge in [-0.2, -0.15) is 0 Å². The third-order valence-corrected chi connectivity index (χ3v) is 2.12. The smallest absolute Gasteiger partial charge is 0.360 e. The van der Waals surface area contributed by atoms with Crippen molar-refractivity contribution in [3.8, 4) is 0 Å². The fourth-order valence-electron chi connectivity index (χ4n) is 0.938. The predicted molar refractivity (Wildman–Crippen MR) is 50.0 cm³/mol. The summed E-state index contributed by atoms with van der Waals surface area (Å²) in [4.78, 5) is 14.9. The van der Waals surface area contributed by atoms with Gasteiger partial charge in [0.25, 0.3) is 0 Å². The molecule has 0 radical (unpaired) electrons. The molecule has 1 aromatic rings. The van der Waals surface area contributed by atoms with Crippen LogP contribution in [0, 0.1) is 0 Å². The van der Waals surface area contributed by atoms with Crippen molar-refractivity contribution in [2.24, 2.45) is 0 Å². The second-order valence-corrected chi connectivity index (χ2v) is 3.20. The van der Waals surface area contributed by atoms with E-state index in [1.807, 2.05) is 0 Å². The van der Waals surface area contributed by atoms with Gasteiger partial charge in [-0.15, -0.1) is 0 Å². The first-order valence-corrected chi connectivity index (χ1v) is 4.98. The fourth-order valence-corrected chi connectivity index (χ4v) is 1.22. The molecule has 0 aromatic carbocycles. The molecule has 4 nitrogen and oxygen atoms in total. The molecular weight excluding hydrogens is 238 g/mol. The van der Waals surface area contributed by atoms with Crippen LogP contribution in [0.3, 0.4) is 0 Å². The maximum Gasteiger partial charge on any atom is 0.360 e. The Balaban J connectivity index is 2.71. The highest BCUT2D eigenvalue weighted by atomic mass is 79.9. The molecule has 0 bridgehead atoms. The standard InChI is InChI=1S/C8H10BrNO3/c1-12-8(11)7-6(3-2-4-9)13-5-10-7/h5H,2-4H2,1H3. The number of halogens is 1. The number of aromatic nitrogens is 1. The van der Waals surface area contributed by atoms with Gasteiger partial charge in [0.1, 0.15) is 5.76 Å². The SMILES string of the molecule is COC(=O)c1ncoc1CCCBr. The van der Waals surface area contributed by atoms with Crippen molar-refractivity contribution in [2.75, 3.05) is 12.4 Å². The van der Waals surface area contributed by atoms with Gasteiger partial charge in [0.2, 0.25) is 0 Å². The summed E-state index contributed by atoms with van der Waals surface area (Å²) in [6, 6.07) is 0. The van der Waals surface area contributed by atoms with Gasteiger partial charge >= 0.3 is 5.97 Å². The molecule has 5 heteroatoms. The molecule has 0 aliphatic rings. The number of alkyl halides is 1. The van der Waals surface area contributed by atoms with Crippen LogP contribution in [0.25, 0.3) is 0 Å². The lowest BCUT2D eigenvalue weighted by Gasteiger charge is -1.97. The number of esters is 1. The maximum atomic E-state index is 11.1. The van der Waals surface area contributed by atoms with Crippen LogP contribution in [0.2, 0.25) is 0 Å². The number of nitrogens with zero attached hydrogens (tertiary/aromatic N) is 1. The van der Waals surface area contributed by atoms with Crippen LogP contribution >= 0.6 is 15.9 Å². The summed E-state index contributed by atoms with van der Waals surface area (Å²) in [5.41, 5.74) is 0.281. The minimum atomic E-state index is -0.446. The zero-order chi connectivity index (χ0) is 9.68. The molecule has 1 aromatic heterocycles. The number of hydrogen-bond acceptors (Lipinski definition) is 4. The van der Waals surface area contributed by atoms with Gasteiger partial charge in [0.05, 0.1) is 7.11 Å². The van der Waals surface area contributed by atoms with E-state index in [1.54, 1.807) is 0 Å². The third kappa shape index (κ3) is 2.55. The molecule has 0 unspecified atom stereocenters. The molecule has 0 aliphatic carbocycles. The molecular formula is C8H10BrNO3. The largest absolute Gasteiger partial charge is 0.464 e. The first-order valence-electron chi connectivity index (χ1n) is 3.86. The van der Waals surface area contributed by atoms with Crippen molar-refractivity contribution in [1.29, 1.82) is 0 Å². The monoisotopic (exact) mass is 247 g/mol. The van der Waals surface area contributed by atoms with Gasteiger partial charge in [-0.05, 0) is 6.42 Å². The molecule has 0 fully saturated rings. The van der Waals surface area contributed by atoms with Crippen LogP contribution < -0.4 is 0 Å².